The third kappa shape index (κ3) is 3.35. The van der Waals surface area contributed by atoms with Gasteiger partial charge in [-0.1, -0.05) is 34.1 Å². The van der Waals surface area contributed by atoms with Crippen molar-refractivity contribution < 1.29 is 19.1 Å². The molecule has 2 fully saturated rings. The molecule has 4 nitrogen and oxygen atoms in total. The van der Waals surface area contributed by atoms with Crippen LogP contribution in [0.3, 0.4) is 0 Å². The van der Waals surface area contributed by atoms with Gasteiger partial charge >= 0.3 is 0 Å². The highest BCUT2D eigenvalue weighted by molar-refractivity contribution is 6.33. The van der Waals surface area contributed by atoms with E-state index in [1.165, 1.54) is 19.3 Å². The predicted molar refractivity (Wildman–Crippen MR) is 110 cm³/mol. The number of ketones is 1. The molecule has 2 saturated carbocycles. The summed E-state index contributed by atoms with van der Waals surface area (Å²) in [5, 5.41) is 0. The standard InChI is InChI=1S/C24H34O4/c1-22(2)9-7-10-24(4)15-23(3,11-8-21(22)24)17-13-20(28-6)19(27-5)12-16(17)18(26)14-25/h12-14,21H,7-11,15H2,1-6H3/t21?,23-,24-/m1/s1. The minimum Gasteiger partial charge on any atom is -0.493 e. The van der Waals surface area contributed by atoms with Crippen LogP contribution in [-0.4, -0.2) is 26.3 Å². The lowest BCUT2D eigenvalue weighted by Crippen LogP contribution is -2.50. The third-order valence-corrected chi connectivity index (χ3v) is 7.68. The van der Waals surface area contributed by atoms with E-state index < -0.39 is 5.78 Å². The molecule has 3 rings (SSSR count). The maximum absolute atomic E-state index is 12.5. The molecule has 0 heterocycles. The molecule has 28 heavy (non-hydrogen) atoms. The predicted octanol–water partition coefficient (Wildman–Crippen LogP) is 5.36. The molecule has 0 aliphatic heterocycles. The van der Waals surface area contributed by atoms with E-state index in [4.69, 9.17) is 9.47 Å². The van der Waals surface area contributed by atoms with Crippen LogP contribution >= 0.6 is 0 Å². The molecule has 154 valence electrons. The Kier molecular flexibility index (Phi) is 5.37. The van der Waals surface area contributed by atoms with Gasteiger partial charge < -0.3 is 9.47 Å². The Morgan fingerprint density at radius 2 is 1.68 bits per heavy atom. The summed E-state index contributed by atoms with van der Waals surface area (Å²) in [5.74, 6) is 1.29. The number of carbonyl (C=O) groups excluding carboxylic acids is 2. The lowest BCUT2D eigenvalue weighted by atomic mass is 9.47. The maximum atomic E-state index is 12.5. The average molecular weight is 387 g/mol. The molecular formula is C24H34O4. The lowest BCUT2D eigenvalue weighted by molar-refractivity contribution is -0.104. The summed E-state index contributed by atoms with van der Waals surface area (Å²) in [6.07, 6.45) is 7.33. The van der Waals surface area contributed by atoms with Gasteiger partial charge in [-0.2, -0.15) is 0 Å². The first-order valence-electron chi connectivity index (χ1n) is 10.4. The Labute approximate surface area is 169 Å². The van der Waals surface area contributed by atoms with Crippen LogP contribution in [0.25, 0.3) is 0 Å². The van der Waals surface area contributed by atoms with Crippen molar-refractivity contribution in [3.05, 3.63) is 23.3 Å². The van der Waals surface area contributed by atoms with Crippen LogP contribution in [0.2, 0.25) is 0 Å². The van der Waals surface area contributed by atoms with Gasteiger partial charge in [-0.05, 0) is 72.0 Å². The number of benzene rings is 1. The van der Waals surface area contributed by atoms with Crippen LogP contribution in [0.5, 0.6) is 11.5 Å². The molecule has 4 heteroatoms. The summed E-state index contributed by atoms with van der Waals surface area (Å²) in [5.41, 5.74) is 1.79. The molecule has 0 N–H and O–H groups in total. The van der Waals surface area contributed by atoms with Crippen LogP contribution in [0.4, 0.5) is 0 Å². The van der Waals surface area contributed by atoms with Gasteiger partial charge in [0.15, 0.2) is 17.8 Å². The van der Waals surface area contributed by atoms with E-state index in [0.717, 1.165) is 24.8 Å². The largest absolute Gasteiger partial charge is 0.493 e. The minimum atomic E-state index is -0.492. The second kappa shape index (κ2) is 7.20. The fourth-order valence-corrected chi connectivity index (χ4v) is 6.51. The fourth-order valence-electron chi connectivity index (χ4n) is 6.51. The van der Waals surface area contributed by atoms with E-state index in [1.54, 1.807) is 20.3 Å². The van der Waals surface area contributed by atoms with E-state index in [0.29, 0.717) is 34.7 Å². The summed E-state index contributed by atoms with van der Waals surface area (Å²) < 4.78 is 10.9. The second-order valence-electron chi connectivity index (χ2n) is 10.1. The summed E-state index contributed by atoms with van der Waals surface area (Å²) in [7, 11) is 3.15. The molecular weight excluding hydrogens is 352 g/mol. The molecule has 2 aliphatic rings. The zero-order valence-corrected chi connectivity index (χ0v) is 18.2. The number of hydrogen-bond acceptors (Lipinski definition) is 4. The SMILES string of the molecule is COc1cc(C(=O)C=O)c([C@]2(C)CCC3C(C)(C)CCC[C@]3(C)C2)cc1OC. The van der Waals surface area contributed by atoms with E-state index in [2.05, 4.69) is 27.7 Å². The van der Waals surface area contributed by atoms with Crippen LogP contribution < -0.4 is 9.47 Å². The first kappa shape index (κ1) is 20.9. The first-order valence-corrected chi connectivity index (χ1v) is 10.4. The molecule has 0 aromatic heterocycles. The zero-order chi connectivity index (χ0) is 20.7. The summed E-state index contributed by atoms with van der Waals surface area (Å²) in [6.45, 7) is 9.50. The zero-order valence-electron chi connectivity index (χ0n) is 18.2. The van der Waals surface area contributed by atoms with Crippen molar-refractivity contribution >= 4 is 12.1 Å². The van der Waals surface area contributed by atoms with Gasteiger partial charge in [0.05, 0.1) is 14.2 Å². The number of Topliss-reactive ketones (excluding diaryl/α,β-unsaturated/α-hetero) is 1. The Balaban J connectivity index is 2.09. The number of carbonyl (C=O) groups is 2. The van der Waals surface area contributed by atoms with Crippen molar-refractivity contribution in [1.29, 1.82) is 0 Å². The number of ether oxygens (including phenoxy) is 2. The summed E-state index contributed by atoms with van der Waals surface area (Å²) in [6, 6.07) is 3.60. The molecule has 3 atom stereocenters. The Hall–Kier alpha value is -1.84. The van der Waals surface area contributed by atoms with Gasteiger partial charge in [0, 0.05) is 5.56 Å². The van der Waals surface area contributed by atoms with Gasteiger partial charge in [0.25, 0.3) is 0 Å². The van der Waals surface area contributed by atoms with Gasteiger partial charge in [-0.25, -0.2) is 0 Å². The van der Waals surface area contributed by atoms with Crippen LogP contribution in [0, 0.1) is 16.7 Å². The maximum Gasteiger partial charge on any atom is 0.225 e. The van der Waals surface area contributed by atoms with Crippen molar-refractivity contribution in [2.24, 2.45) is 16.7 Å². The van der Waals surface area contributed by atoms with Crippen LogP contribution in [-0.2, 0) is 10.2 Å². The Morgan fingerprint density at radius 3 is 2.29 bits per heavy atom. The average Bonchev–Trinajstić information content (AvgIpc) is 2.64. The first-order chi connectivity index (χ1) is 13.1. The highest BCUT2D eigenvalue weighted by Gasteiger charge is 2.53. The normalized spacial score (nSPS) is 31.6. The van der Waals surface area contributed by atoms with Gasteiger partial charge in [0.1, 0.15) is 0 Å². The molecule has 1 aromatic rings. The molecule has 0 amide bonds. The quantitative estimate of drug-likeness (QED) is 0.388. The monoisotopic (exact) mass is 386 g/mol. The van der Waals surface area contributed by atoms with E-state index in [1.807, 2.05) is 6.07 Å². The smallest absolute Gasteiger partial charge is 0.225 e. The van der Waals surface area contributed by atoms with Crippen molar-refractivity contribution in [3.63, 3.8) is 0 Å². The number of rotatable bonds is 5. The number of fused-ring (bicyclic) bond motifs is 1. The van der Waals surface area contributed by atoms with Crippen LogP contribution in [0.1, 0.15) is 82.1 Å². The fraction of sp³-hybridized carbons (Fsp3) is 0.667. The van der Waals surface area contributed by atoms with Crippen molar-refractivity contribution in [1.82, 2.24) is 0 Å². The number of methoxy groups -OCH3 is 2. The van der Waals surface area contributed by atoms with Crippen molar-refractivity contribution in [3.8, 4) is 11.5 Å². The van der Waals surface area contributed by atoms with Gasteiger partial charge in [-0.3, -0.25) is 9.59 Å². The van der Waals surface area contributed by atoms with Crippen molar-refractivity contribution in [2.75, 3.05) is 14.2 Å². The Morgan fingerprint density at radius 1 is 1.04 bits per heavy atom. The lowest BCUT2D eigenvalue weighted by Gasteiger charge is -2.58. The van der Waals surface area contributed by atoms with E-state index in [9.17, 15) is 9.59 Å². The Bertz CT molecular complexity index is 781. The number of hydrogen-bond donors (Lipinski definition) is 0. The second-order valence-corrected chi connectivity index (χ2v) is 10.1. The van der Waals surface area contributed by atoms with E-state index >= 15 is 0 Å². The van der Waals surface area contributed by atoms with Gasteiger partial charge in [-0.15, -0.1) is 0 Å². The molecule has 1 unspecified atom stereocenters. The number of aldehydes is 1. The summed E-state index contributed by atoms with van der Waals surface area (Å²) in [4.78, 5) is 23.8. The minimum absolute atomic E-state index is 0.174. The molecule has 0 bridgehead atoms. The highest BCUT2D eigenvalue weighted by atomic mass is 16.5. The summed E-state index contributed by atoms with van der Waals surface area (Å²) >= 11 is 0. The third-order valence-electron chi connectivity index (χ3n) is 7.68. The highest BCUT2D eigenvalue weighted by Crippen LogP contribution is 2.62. The topological polar surface area (TPSA) is 52.6 Å². The van der Waals surface area contributed by atoms with E-state index in [-0.39, 0.29) is 10.8 Å². The molecule has 0 radical (unpaired) electrons. The van der Waals surface area contributed by atoms with Crippen LogP contribution in [0.15, 0.2) is 12.1 Å². The van der Waals surface area contributed by atoms with Gasteiger partial charge in [0.2, 0.25) is 5.78 Å². The molecule has 1 aromatic carbocycles. The molecule has 0 saturated heterocycles. The van der Waals surface area contributed by atoms with Crippen molar-refractivity contribution in [2.45, 2.75) is 71.6 Å². The molecule has 2 aliphatic carbocycles. The molecule has 0 spiro atoms.